The lowest BCUT2D eigenvalue weighted by Crippen LogP contribution is -2.26. The summed E-state index contributed by atoms with van der Waals surface area (Å²) >= 11 is 5.03. The average Bonchev–Trinajstić information content (AvgIpc) is 2.91. The third-order valence-corrected chi connectivity index (χ3v) is 4.38. The molecule has 6 heteroatoms. The van der Waals surface area contributed by atoms with Gasteiger partial charge in [0.1, 0.15) is 11.0 Å². The van der Waals surface area contributed by atoms with Crippen LogP contribution in [0.25, 0.3) is 0 Å². The Hall–Kier alpha value is -1.58. The first-order chi connectivity index (χ1) is 9.61. The fourth-order valence-corrected chi connectivity index (χ4v) is 3.07. The summed E-state index contributed by atoms with van der Waals surface area (Å²) in [6, 6.07) is 4.33. The van der Waals surface area contributed by atoms with Crippen LogP contribution in [-0.4, -0.2) is 15.8 Å². The molecule has 4 nitrogen and oxygen atoms in total. The molecule has 20 heavy (non-hydrogen) atoms. The molecule has 2 heterocycles. The number of nitrogens with zero attached hydrogens (tertiary/aromatic N) is 2. The summed E-state index contributed by atoms with van der Waals surface area (Å²) in [5.41, 5.74) is 0.462. The third kappa shape index (κ3) is 3.50. The van der Waals surface area contributed by atoms with Gasteiger partial charge in [-0.3, -0.25) is 4.79 Å². The van der Waals surface area contributed by atoms with Crippen LogP contribution in [0.1, 0.15) is 11.8 Å². The Labute approximate surface area is 130 Å². The Morgan fingerprint density at radius 2 is 2.45 bits per heavy atom. The Morgan fingerprint density at radius 3 is 3.10 bits per heavy atom. The quantitative estimate of drug-likeness (QED) is 0.842. The molecule has 0 aliphatic heterocycles. The van der Waals surface area contributed by atoms with Crippen molar-refractivity contribution in [1.82, 2.24) is 9.78 Å². The molecule has 2 aromatic heterocycles. The topological polar surface area (TPSA) is 46.9 Å². The Kier molecular flexibility index (Phi) is 4.99. The zero-order valence-electron chi connectivity index (χ0n) is 11.0. The minimum Gasteiger partial charge on any atom is -0.380 e. The maximum absolute atomic E-state index is 12.0. The summed E-state index contributed by atoms with van der Waals surface area (Å²) in [5, 5.41) is 9.40. The van der Waals surface area contributed by atoms with E-state index in [4.69, 9.17) is 6.42 Å². The van der Waals surface area contributed by atoms with Gasteiger partial charge in [-0.1, -0.05) is 12.0 Å². The summed E-state index contributed by atoms with van der Waals surface area (Å²) in [6.45, 7) is 2.24. The summed E-state index contributed by atoms with van der Waals surface area (Å²) in [6.07, 6.45) is 7.71. The van der Waals surface area contributed by atoms with E-state index in [-0.39, 0.29) is 18.1 Å². The van der Waals surface area contributed by atoms with Crippen LogP contribution in [0.15, 0.2) is 33.0 Å². The second-order valence-corrected chi connectivity index (χ2v) is 6.19. The van der Waals surface area contributed by atoms with Crippen LogP contribution in [0, 0.1) is 12.3 Å². The second-order valence-electron chi connectivity index (χ2n) is 4.37. The molecule has 0 saturated carbocycles. The van der Waals surface area contributed by atoms with Crippen LogP contribution in [0.5, 0.6) is 0 Å². The minimum atomic E-state index is -0.226. The first kappa shape index (κ1) is 14.8. The van der Waals surface area contributed by atoms with E-state index < -0.39 is 0 Å². The van der Waals surface area contributed by atoms with Crippen molar-refractivity contribution in [3.63, 3.8) is 0 Å². The van der Waals surface area contributed by atoms with E-state index in [1.165, 1.54) is 9.56 Å². The highest BCUT2D eigenvalue weighted by atomic mass is 79.9. The molecule has 0 aliphatic rings. The predicted octanol–water partition coefficient (Wildman–Crippen LogP) is 2.74. The molecular weight excluding hydrogens is 338 g/mol. The lowest BCUT2D eigenvalue weighted by atomic mass is 10.2. The molecule has 0 radical (unpaired) electrons. The van der Waals surface area contributed by atoms with E-state index in [0.29, 0.717) is 10.2 Å². The van der Waals surface area contributed by atoms with Crippen molar-refractivity contribution in [3.8, 4) is 12.3 Å². The molecule has 0 bridgehead atoms. The van der Waals surface area contributed by atoms with E-state index in [1.54, 1.807) is 17.5 Å². The highest BCUT2D eigenvalue weighted by Gasteiger charge is 2.11. The third-order valence-electron chi connectivity index (χ3n) is 2.72. The zero-order chi connectivity index (χ0) is 14.5. The first-order valence-corrected chi connectivity index (χ1v) is 7.77. The average molecular weight is 352 g/mol. The molecule has 2 aromatic rings. The minimum absolute atomic E-state index is 0.169. The number of nitrogens with one attached hydrogen (secondary N) is 1. The molecule has 0 saturated heterocycles. The van der Waals surface area contributed by atoms with E-state index in [1.807, 2.05) is 6.07 Å². The lowest BCUT2D eigenvalue weighted by molar-refractivity contribution is 0.657. The fourth-order valence-electron chi connectivity index (χ4n) is 1.81. The largest absolute Gasteiger partial charge is 0.380 e. The van der Waals surface area contributed by atoms with Crippen molar-refractivity contribution in [2.45, 2.75) is 25.9 Å². The SMILES string of the molecule is C#CCn1ncc(NC(C)Cc2cccs2)c(Br)c1=O. The lowest BCUT2D eigenvalue weighted by Gasteiger charge is -2.15. The van der Waals surface area contributed by atoms with Gasteiger partial charge in [-0.25, -0.2) is 4.68 Å². The van der Waals surface area contributed by atoms with E-state index in [9.17, 15) is 4.79 Å². The van der Waals surface area contributed by atoms with Crippen LogP contribution in [0.2, 0.25) is 0 Å². The standard InChI is InChI=1S/C14H14BrN3OS/c1-3-6-18-14(19)13(15)12(9-16-18)17-10(2)8-11-5-4-7-20-11/h1,4-5,7,9-10,17H,6,8H2,2H3. The number of hydrogen-bond donors (Lipinski definition) is 1. The van der Waals surface area contributed by atoms with Crippen LogP contribution in [0.4, 0.5) is 5.69 Å². The number of halogens is 1. The predicted molar refractivity (Wildman–Crippen MR) is 86.1 cm³/mol. The number of thiophene rings is 1. The van der Waals surface area contributed by atoms with Crippen LogP contribution in [0.3, 0.4) is 0 Å². The van der Waals surface area contributed by atoms with Crippen molar-refractivity contribution in [3.05, 3.63) is 43.4 Å². The Balaban J connectivity index is 2.12. The van der Waals surface area contributed by atoms with Gasteiger partial charge in [0.05, 0.1) is 11.9 Å². The van der Waals surface area contributed by atoms with E-state index >= 15 is 0 Å². The zero-order valence-corrected chi connectivity index (χ0v) is 13.4. The molecule has 1 unspecified atom stereocenters. The van der Waals surface area contributed by atoms with Gasteiger partial charge in [0.15, 0.2) is 0 Å². The van der Waals surface area contributed by atoms with Crippen molar-refractivity contribution < 1.29 is 0 Å². The van der Waals surface area contributed by atoms with Gasteiger partial charge in [-0.15, -0.1) is 17.8 Å². The van der Waals surface area contributed by atoms with Gasteiger partial charge < -0.3 is 5.32 Å². The molecule has 2 rings (SSSR count). The Morgan fingerprint density at radius 1 is 1.65 bits per heavy atom. The van der Waals surface area contributed by atoms with Crippen molar-refractivity contribution in [1.29, 1.82) is 0 Å². The van der Waals surface area contributed by atoms with E-state index in [0.717, 1.165) is 6.42 Å². The van der Waals surface area contributed by atoms with Gasteiger partial charge in [0.2, 0.25) is 0 Å². The molecule has 104 valence electrons. The van der Waals surface area contributed by atoms with Gasteiger partial charge >= 0.3 is 0 Å². The number of aromatic nitrogens is 2. The molecule has 1 N–H and O–H groups in total. The van der Waals surface area contributed by atoms with Crippen LogP contribution >= 0.6 is 27.3 Å². The molecule has 1 atom stereocenters. The smallest absolute Gasteiger partial charge is 0.284 e. The van der Waals surface area contributed by atoms with E-state index in [2.05, 4.69) is 50.6 Å². The molecular formula is C14H14BrN3OS. The second kappa shape index (κ2) is 6.73. The number of terminal acetylenes is 1. The highest BCUT2D eigenvalue weighted by Crippen LogP contribution is 2.19. The summed E-state index contributed by atoms with van der Waals surface area (Å²) in [5.74, 6) is 2.40. The van der Waals surface area contributed by atoms with Crippen molar-refractivity contribution in [2.75, 3.05) is 5.32 Å². The molecule has 0 amide bonds. The van der Waals surface area contributed by atoms with Crippen molar-refractivity contribution >= 4 is 33.0 Å². The van der Waals surface area contributed by atoms with Crippen LogP contribution in [-0.2, 0) is 13.0 Å². The first-order valence-electron chi connectivity index (χ1n) is 6.10. The van der Waals surface area contributed by atoms with Crippen molar-refractivity contribution in [2.24, 2.45) is 0 Å². The molecule has 0 spiro atoms. The highest BCUT2D eigenvalue weighted by molar-refractivity contribution is 9.10. The normalized spacial score (nSPS) is 11.8. The molecule has 0 fully saturated rings. The van der Waals surface area contributed by atoms with Gasteiger partial charge in [-0.2, -0.15) is 5.10 Å². The number of anilines is 1. The fraction of sp³-hybridized carbons (Fsp3) is 0.286. The monoisotopic (exact) mass is 351 g/mol. The number of rotatable bonds is 5. The molecule has 0 aliphatic carbocycles. The summed E-state index contributed by atoms with van der Waals surface area (Å²) in [4.78, 5) is 13.3. The number of hydrogen-bond acceptors (Lipinski definition) is 4. The molecule has 0 aromatic carbocycles. The van der Waals surface area contributed by atoms with Gasteiger partial charge in [0, 0.05) is 17.3 Å². The summed E-state index contributed by atoms with van der Waals surface area (Å²) in [7, 11) is 0. The maximum atomic E-state index is 12.0. The van der Waals surface area contributed by atoms with Gasteiger partial charge in [-0.05, 0) is 34.3 Å². The Bertz CT molecular complexity index is 673. The van der Waals surface area contributed by atoms with Crippen LogP contribution < -0.4 is 10.9 Å². The summed E-state index contributed by atoms with van der Waals surface area (Å²) < 4.78 is 1.71. The van der Waals surface area contributed by atoms with Gasteiger partial charge in [0.25, 0.3) is 5.56 Å². The maximum Gasteiger partial charge on any atom is 0.284 e.